The summed E-state index contributed by atoms with van der Waals surface area (Å²) in [6, 6.07) is 6.16. The molecule has 17 heavy (non-hydrogen) atoms. The van der Waals surface area contributed by atoms with Crippen molar-refractivity contribution in [2.24, 2.45) is 0 Å². The van der Waals surface area contributed by atoms with Crippen LogP contribution in [0.25, 0.3) is 0 Å². The van der Waals surface area contributed by atoms with Crippen molar-refractivity contribution in [3.05, 3.63) is 29.6 Å². The molecule has 1 heterocycles. The van der Waals surface area contributed by atoms with Crippen molar-refractivity contribution in [1.29, 1.82) is 5.26 Å². The average molecular weight is 253 g/mol. The molecule has 3 nitrogen and oxygen atoms in total. The molecule has 88 valence electrons. The van der Waals surface area contributed by atoms with E-state index in [2.05, 4.69) is 0 Å². The van der Waals surface area contributed by atoms with Crippen molar-refractivity contribution in [2.75, 3.05) is 11.4 Å². The predicted octanol–water partition coefficient (Wildman–Crippen LogP) is 2.24. The maximum atomic E-state index is 13.1. The monoisotopic (exact) mass is 252 g/mol. The number of hydrogen-bond donors (Lipinski definition) is 0. The number of hydrogen-bond acceptors (Lipinski definition) is 2. The molecule has 1 aromatic rings. The molecule has 0 saturated carbocycles. The molecule has 0 fully saturated rings. The topological polar surface area (TPSA) is 44.1 Å². The van der Waals surface area contributed by atoms with E-state index in [0.717, 1.165) is 5.56 Å². The maximum absolute atomic E-state index is 13.1. The molecule has 1 unspecified atom stereocenters. The maximum Gasteiger partial charge on any atom is 0.227 e. The minimum absolute atomic E-state index is 0.0787. The molecule has 0 bridgehead atoms. The van der Waals surface area contributed by atoms with E-state index in [0.29, 0.717) is 18.5 Å². The molecule has 2 rings (SSSR count). The van der Waals surface area contributed by atoms with E-state index in [4.69, 9.17) is 16.9 Å². The molecule has 0 aliphatic carbocycles. The van der Waals surface area contributed by atoms with Crippen LogP contribution < -0.4 is 4.90 Å². The predicted molar refractivity (Wildman–Crippen MR) is 62.3 cm³/mol. The first kappa shape index (κ1) is 11.9. The molecule has 0 N–H and O–H groups in total. The van der Waals surface area contributed by atoms with Gasteiger partial charge in [-0.15, -0.1) is 11.6 Å². The fourth-order valence-electron chi connectivity index (χ4n) is 1.93. The zero-order valence-corrected chi connectivity index (χ0v) is 9.75. The van der Waals surface area contributed by atoms with Crippen molar-refractivity contribution in [2.45, 2.75) is 18.2 Å². The van der Waals surface area contributed by atoms with Crippen molar-refractivity contribution in [3.63, 3.8) is 0 Å². The highest BCUT2D eigenvalue weighted by atomic mass is 35.5. The van der Waals surface area contributed by atoms with Crippen molar-refractivity contribution < 1.29 is 9.18 Å². The minimum Gasteiger partial charge on any atom is -0.310 e. The van der Waals surface area contributed by atoms with Crippen LogP contribution in [0.5, 0.6) is 0 Å². The van der Waals surface area contributed by atoms with Gasteiger partial charge in [-0.3, -0.25) is 4.79 Å². The quantitative estimate of drug-likeness (QED) is 0.758. The van der Waals surface area contributed by atoms with Gasteiger partial charge in [0.05, 0.1) is 12.6 Å². The SMILES string of the molecule is N#CC(Cl)CN1C(=O)CCc2cc(F)ccc21. The number of rotatable bonds is 2. The Bertz CT molecular complexity index is 498. The van der Waals surface area contributed by atoms with Crippen LogP contribution in [0.15, 0.2) is 18.2 Å². The number of nitriles is 1. The minimum atomic E-state index is -0.755. The molecule has 1 atom stereocenters. The van der Waals surface area contributed by atoms with Crippen LogP contribution in [-0.2, 0) is 11.2 Å². The molecule has 0 aromatic heterocycles. The van der Waals surface area contributed by atoms with Crippen molar-refractivity contribution in [3.8, 4) is 6.07 Å². The lowest BCUT2D eigenvalue weighted by atomic mass is 10.0. The van der Waals surface area contributed by atoms with Gasteiger partial charge < -0.3 is 4.90 Å². The third kappa shape index (κ3) is 2.40. The summed E-state index contributed by atoms with van der Waals surface area (Å²) in [5.74, 6) is -0.397. The second-order valence-corrected chi connectivity index (χ2v) is 4.40. The first-order valence-electron chi connectivity index (χ1n) is 5.24. The van der Waals surface area contributed by atoms with Gasteiger partial charge in [0.2, 0.25) is 5.91 Å². The Hall–Kier alpha value is -1.60. The van der Waals surface area contributed by atoms with Crippen LogP contribution in [-0.4, -0.2) is 17.8 Å². The van der Waals surface area contributed by atoms with Gasteiger partial charge in [-0.1, -0.05) is 0 Å². The number of anilines is 1. The van der Waals surface area contributed by atoms with E-state index in [1.54, 1.807) is 6.07 Å². The summed E-state index contributed by atoms with van der Waals surface area (Å²) in [5.41, 5.74) is 1.44. The number of carbonyl (C=O) groups excluding carboxylic acids is 1. The zero-order chi connectivity index (χ0) is 12.4. The Balaban J connectivity index is 2.34. The first-order chi connectivity index (χ1) is 8.11. The fourth-order valence-corrected chi connectivity index (χ4v) is 2.07. The van der Waals surface area contributed by atoms with Gasteiger partial charge >= 0.3 is 0 Å². The van der Waals surface area contributed by atoms with Crippen molar-refractivity contribution >= 4 is 23.2 Å². The highest BCUT2D eigenvalue weighted by Crippen LogP contribution is 2.28. The third-order valence-electron chi connectivity index (χ3n) is 2.72. The van der Waals surface area contributed by atoms with Crippen LogP contribution in [0.3, 0.4) is 0 Å². The van der Waals surface area contributed by atoms with Crippen molar-refractivity contribution in [1.82, 2.24) is 0 Å². The lowest BCUT2D eigenvalue weighted by molar-refractivity contribution is -0.118. The molecule has 0 radical (unpaired) electrons. The van der Waals surface area contributed by atoms with Gasteiger partial charge in [0.15, 0.2) is 0 Å². The Kier molecular flexibility index (Phi) is 3.30. The van der Waals surface area contributed by atoms with Crippen LogP contribution in [0.4, 0.5) is 10.1 Å². The normalized spacial score (nSPS) is 16.3. The van der Waals surface area contributed by atoms with Crippen LogP contribution in [0.2, 0.25) is 0 Å². The number of alkyl halides is 1. The van der Waals surface area contributed by atoms with Crippen LogP contribution in [0, 0.1) is 17.1 Å². The highest BCUT2D eigenvalue weighted by Gasteiger charge is 2.26. The first-order valence-corrected chi connectivity index (χ1v) is 5.68. The molecule has 0 saturated heterocycles. The fraction of sp³-hybridized carbons (Fsp3) is 0.333. The molecule has 5 heteroatoms. The number of nitrogens with zero attached hydrogens (tertiary/aromatic N) is 2. The molecule has 1 aliphatic rings. The molecular formula is C12H10ClFN2O. The van der Waals surface area contributed by atoms with E-state index >= 15 is 0 Å². The number of benzene rings is 1. The Morgan fingerprint density at radius 1 is 1.53 bits per heavy atom. The lowest BCUT2D eigenvalue weighted by Crippen LogP contribution is -2.38. The Morgan fingerprint density at radius 2 is 2.29 bits per heavy atom. The lowest BCUT2D eigenvalue weighted by Gasteiger charge is -2.29. The van der Waals surface area contributed by atoms with Gasteiger partial charge in [-0.2, -0.15) is 5.26 Å². The summed E-state index contributed by atoms with van der Waals surface area (Å²) >= 11 is 5.73. The molecule has 1 amide bonds. The summed E-state index contributed by atoms with van der Waals surface area (Å²) in [5, 5.41) is 7.91. The number of halogens is 2. The molecule has 1 aromatic carbocycles. The Labute approximate surface area is 103 Å². The van der Waals surface area contributed by atoms with Gasteiger partial charge in [0.25, 0.3) is 0 Å². The number of aryl methyl sites for hydroxylation is 1. The Morgan fingerprint density at radius 3 is 3.00 bits per heavy atom. The summed E-state index contributed by atoms with van der Waals surface area (Å²) in [6.45, 7) is 0.134. The van der Waals surface area contributed by atoms with Gasteiger partial charge in [-0.05, 0) is 30.2 Å². The van der Waals surface area contributed by atoms with Gasteiger partial charge in [0, 0.05) is 12.1 Å². The van der Waals surface area contributed by atoms with E-state index in [1.165, 1.54) is 17.0 Å². The average Bonchev–Trinajstić information content (AvgIpc) is 2.32. The number of amides is 1. The van der Waals surface area contributed by atoms with E-state index in [9.17, 15) is 9.18 Å². The smallest absolute Gasteiger partial charge is 0.227 e. The van der Waals surface area contributed by atoms with Crippen LogP contribution >= 0.6 is 11.6 Å². The molecule has 0 spiro atoms. The highest BCUT2D eigenvalue weighted by molar-refractivity contribution is 6.23. The second-order valence-electron chi connectivity index (χ2n) is 3.87. The van der Waals surface area contributed by atoms with E-state index in [-0.39, 0.29) is 18.3 Å². The largest absolute Gasteiger partial charge is 0.310 e. The van der Waals surface area contributed by atoms with E-state index in [1.807, 2.05) is 6.07 Å². The third-order valence-corrected chi connectivity index (χ3v) is 2.96. The summed E-state index contributed by atoms with van der Waals surface area (Å²) in [4.78, 5) is 13.2. The molecule has 1 aliphatic heterocycles. The molecular weight excluding hydrogens is 243 g/mol. The zero-order valence-electron chi connectivity index (χ0n) is 8.99. The second kappa shape index (κ2) is 4.72. The van der Waals surface area contributed by atoms with Crippen LogP contribution in [0.1, 0.15) is 12.0 Å². The van der Waals surface area contributed by atoms with Gasteiger partial charge in [-0.25, -0.2) is 4.39 Å². The summed E-state index contributed by atoms with van der Waals surface area (Å²) < 4.78 is 13.1. The summed E-state index contributed by atoms with van der Waals surface area (Å²) in [7, 11) is 0. The number of fused-ring (bicyclic) bond motifs is 1. The van der Waals surface area contributed by atoms with E-state index < -0.39 is 5.38 Å². The standard InChI is InChI=1S/C12H10ClFN2O/c13-9(6-15)7-16-11-3-2-10(14)5-8(11)1-4-12(16)17/h2-3,5,9H,1,4,7H2. The van der Waals surface area contributed by atoms with Gasteiger partial charge in [0.1, 0.15) is 11.2 Å². The summed E-state index contributed by atoms with van der Waals surface area (Å²) in [6.07, 6.45) is 0.855. The number of carbonyl (C=O) groups is 1.